The van der Waals surface area contributed by atoms with Crippen LogP contribution in [0.2, 0.25) is 18.1 Å². The fraction of sp³-hybridized carbons (Fsp3) is 0.760. The first kappa shape index (κ1) is 24.6. The molecule has 2 aliphatic rings. The molecule has 1 aliphatic carbocycles. The predicted molar refractivity (Wildman–Crippen MR) is 121 cm³/mol. The molecule has 0 spiro atoms. The van der Waals surface area contributed by atoms with Crippen molar-refractivity contribution in [2.24, 2.45) is 17.8 Å². The number of rotatable bonds is 9. The topological polar surface area (TPSA) is 9.23 Å². The first-order valence-corrected chi connectivity index (χ1v) is 14.8. The van der Waals surface area contributed by atoms with Gasteiger partial charge in [0.2, 0.25) is 0 Å². The molecule has 1 saturated carbocycles. The summed E-state index contributed by atoms with van der Waals surface area (Å²) in [6.07, 6.45) is 9.14. The van der Waals surface area contributed by atoms with Gasteiger partial charge in [-0.1, -0.05) is 76.1 Å². The first-order valence-electron chi connectivity index (χ1n) is 12.4. The van der Waals surface area contributed by atoms with Crippen LogP contribution in [0, 0.1) is 23.6 Å². The standard InChI is InChI=1S/C25H38F4OSi/c1-2-3-4-15-31-16-13-22(14-17-31)21-10-7-19(8-11-21)5-6-20-9-12-24(23(26)18-20)30-25(27,28)29/h9,12,18-19,21-22,31H,2-8,10-11,13-17H2,1H3/t19-,21-,22-,31-. The van der Waals surface area contributed by atoms with E-state index in [0.717, 1.165) is 29.9 Å². The second-order valence-corrected chi connectivity index (χ2v) is 13.4. The maximum atomic E-state index is 13.9. The zero-order chi connectivity index (χ0) is 22.3. The number of ether oxygens (including phenoxy) is 1. The zero-order valence-corrected chi connectivity index (χ0v) is 20.0. The van der Waals surface area contributed by atoms with Gasteiger partial charge in [-0.15, -0.1) is 13.2 Å². The van der Waals surface area contributed by atoms with Gasteiger partial charge in [0.05, 0.1) is 0 Å². The van der Waals surface area contributed by atoms with E-state index in [4.69, 9.17) is 0 Å². The van der Waals surface area contributed by atoms with Gasteiger partial charge < -0.3 is 4.74 Å². The minimum Gasteiger partial charge on any atom is -0.403 e. The van der Waals surface area contributed by atoms with Crippen molar-refractivity contribution in [1.82, 2.24) is 0 Å². The van der Waals surface area contributed by atoms with E-state index < -0.39 is 26.7 Å². The van der Waals surface area contributed by atoms with Gasteiger partial charge in [0.15, 0.2) is 11.6 Å². The lowest BCUT2D eigenvalue weighted by Crippen LogP contribution is -2.28. The first-order chi connectivity index (χ1) is 14.8. The molecule has 1 heterocycles. The molecule has 0 atom stereocenters. The van der Waals surface area contributed by atoms with Crippen LogP contribution >= 0.6 is 0 Å². The summed E-state index contributed by atoms with van der Waals surface area (Å²) >= 11 is 0. The highest BCUT2D eigenvalue weighted by molar-refractivity contribution is 6.58. The largest absolute Gasteiger partial charge is 0.573 e. The number of benzene rings is 1. The van der Waals surface area contributed by atoms with Crippen molar-refractivity contribution in [1.29, 1.82) is 0 Å². The molecule has 31 heavy (non-hydrogen) atoms. The highest BCUT2D eigenvalue weighted by Crippen LogP contribution is 2.42. The van der Waals surface area contributed by atoms with Gasteiger partial charge in [0.1, 0.15) is 0 Å². The van der Waals surface area contributed by atoms with E-state index in [-0.39, 0.29) is 0 Å². The van der Waals surface area contributed by atoms with Crippen LogP contribution in [0.3, 0.4) is 0 Å². The van der Waals surface area contributed by atoms with E-state index in [0.29, 0.717) is 12.3 Å². The Kier molecular flexibility index (Phi) is 9.29. The molecule has 0 N–H and O–H groups in total. The lowest BCUT2D eigenvalue weighted by atomic mass is 9.73. The average molecular weight is 459 g/mol. The molecule has 1 aromatic carbocycles. The fourth-order valence-corrected chi connectivity index (χ4v) is 9.39. The molecule has 0 amide bonds. The van der Waals surface area contributed by atoms with E-state index in [1.54, 1.807) is 24.2 Å². The van der Waals surface area contributed by atoms with Crippen molar-refractivity contribution in [2.45, 2.75) is 102 Å². The van der Waals surface area contributed by atoms with Gasteiger partial charge in [0.25, 0.3) is 0 Å². The third kappa shape index (κ3) is 8.10. The number of unbranched alkanes of at least 4 members (excludes halogenated alkanes) is 2. The van der Waals surface area contributed by atoms with Crippen molar-refractivity contribution in [2.75, 3.05) is 0 Å². The van der Waals surface area contributed by atoms with Crippen LogP contribution in [0.1, 0.15) is 76.7 Å². The fourth-order valence-electron chi connectivity index (χ4n) is 5.86. The van der Waals surface area contributed by atoms with Gasteiger partial charge in [-0.25, -0.2) is 4.39 Å². The van der Waals surface area contributed by atoms with Crippen LogP contribution < -0.4 is 4.74 Å². The highest BCUT2D eigenvalue weighted by Gasteiger charge is 2.33. The summed E-state index contributed by atoms with van der Waals surface area (Å²) < 4.78 is 54.4. The summed E-state index contributed by atoms with van der Waals surface area (Å²) in [7, 11) is -0.431. The summed E-state index contributed by atoms with van der Waals surface area (Å²) in [6.45, 7) is 2.29. The predicted octanol–water partition coefficient (Wildman–Crippen LogP) is 8.29. The molecule has 6 heteroatoms. The van der Waals surface area contributed by atoms with Gasteiger partial charge in [-0.2, -0.15) is 0 Å². The van der Waals surface area contributed by atoms with Crippen LogP contribution in [0.15, 0.2) is 18.2 Å². The minimum absolute atomic E-state index is 0.431. The minimum atomic E-state index is -4.86. The van der Waals surface area contributed by atoms with Gasteiger partial charge in [0, 0.05) is 8.80 Å². The monoisotopic (exact) mass is 458 g/mol. The third-order valence-electron chi connectivity index (χ3n) is 7.73. The lowest BCUT2D eigenvalue weighted by Gasteiger charge is -2.37. The molecule has 0 unspecified atom stereocenters. The normalized spacial score (nSPS) is 27.3. The second-order valence-electron chi connectivity index (χ2n) is 9.91. The maximum absolute atomic E-state index is 13.9. The smallest absolute Gasteiger partial charge is 0.403 e. The quantitative estimate of drug-likeness (QED) is 0.205. The maximum Gasteiger partial charge on any atom is 0.573 e. The van der Waals surface area contributed by atoms with E-state index in [1.807, 2.05) is 0 Å². The molecule has 3 rings (SSSR count). The molecule has 1 nitrogen and oxygen atoms in total. The van der Waals surface area contributed by atoms with Gasteiger partial charge in [-0.3, -0.25) is 0 Å². The van der Waals surface area contributed by atoms with E-state index >= 15 is 0 Å². The molecular formula is C25H38F4OSi. The zero-order valence-electron chi connectivity index (χ0n) is 18.9. The Morgan fingerprint density at radius 3 is 2.26 bits per heavy atom. The Labute approximate surface area is 186 Å². The summed E-state index contributed by atoms with van der Waals surface area (Å²) in [6, 6.07) is 8.53. The molecule has 0 radical (unpaired) electrons. The molecule has 0 aromatic heterocycles. The van der Waals surface area contributed by atoms with E-state index in [9.17, 15) is 17.6 Å². The van der Waals surface area contributed by atoms with Crippen LogP contribution in [-0.2, 0) is 6.42 Å². The SMILES string of the molecule is CCCCC[Si@H]1CC[C@H]([C@H]2CC[C@H](CCc3ccc(OC(F)(F)F)c(F)c3)CC2)CC1. The number of hydrogen-bond acceptors (Lipinski definition) is 1. The number of alkyl halides is 3. The Morgan fingerprint density at radius 2 is 1.65 bits per heavy atom. The molecule has 1 aromatic rings. The number of aryl methyl sites for hydroxylation is 1. The van der Waals surface area contributed by atoms with Gasteiger partial charge in [-0.05, 0) is 61.1 Å². The van der Waals surface area contributed by atoms with Crippen LogP contribution in [-0.4, -0.2) is 15.2 Å². The van der Waals surface area contributed by atoms with Crippen LogP contribution in [0.4, 0.5) is 17.6 Å². The Hall–Kier alpha value is -1.04. The molecule has 1 saturated heterocycles. The van der Waals surface area contributed by atoms with Crippen LogP contribution in [0.5, 0.6) is 5.75 Å². The Bertz CT molecular complexity index is 662. The van der Waals surface area contributed by atoms with Crippen molar-refractivity contribution in [3.8, 4) is 5.75 Å². The van der Waals surface area contributed by atoms with Crippen molar-refractivity contribution >= 4 is 8.80 Å². The summed E-state index contributed by atoms with van der Waals surface area (Å²) in [5.41, 5.74) is 0.750. The lowest BCUT2D eigenvalue weighted by molar-refractivity contribution is -0.275. The summed E-state index contributed by atoms with van der Waals surface area (Å²) in [5, 5.41) is 0. The third-order valence-corrected chi connectivity index (χ3v) is 11.3. The highest BCUT2D eigenvalue weighted by atomic mass is 28.3. The number of hydrogen-bond donors (Lipinski definition) is 0. The number of halogens is 4. The Morgan fingerprint density at radius 1 is 0.968 bits per heavy atom. The van der Waals surface area contributed by atoms with Crippen molar-refractivity contribution in [3.63, 3.8) is 0 Å². The molecule has 1 aliphatic heterocycles. The van der Waals surface area contributed by atoms with E-state index in [1.165, 1.54) is 63.9 Å². The van der Waals surface area contributed by atoms with Crippen LogP contribution in [0.25, 0.3) is 0 Å². The molecule has 176 valence electrons. The summed E-state index contributed by atoms with van der Waals surface area (Å²) in [4.78, 5) is 0. The van der Waals surface area contributed by atoms with Gasteiger partial charge >= 0.3 is 6.36 Å². The average Bonchev–Trinajstić information content (AvgIpc) is 2.74. The van der Waals surface area contributed by atoms with E-state index in [2.05, 4.69) is 11.7 Å². The molecule has 2 fully saturated rings. The summed E-state index contributed by atoms with van der Waals surface area (Å²) in [5.74, 6) is 0.821. The van der Waals surface area contributed by atoms with Crippen molar-refractivity contribution in [3.05, 3.63) is 29.6 Å². The molecule has 0 bridgehead atoms. The second kappa shape index (κ2) is 11.7. The molecular weight excluding hydrogens is 420 g/mol. The van der Waals surface area contributed by atoms with Crippen molar-refractivity contribution < 1.29 is 22.3 Å². The Balaban J connectivity index is 1.36.